The van der Waals surface area contributed by atoms with Crippen molar-refractivity contribution in [2.24, 2.45) is 0 Å². The Morgan fingerprint density at radius 3 is 2.67 bits per heavy atom. The molecule has 7 heteroatoms. The van der Waals surface area contributed by atoms with Gasteiger partial charge in [-0.3, -0.25) is 4.72 Å². The van der Waals surface area contributed by atoms with Crippen LogP contribution in [0.3, 0.4) is 0 Å². The minimum Gasteiger partial charge on any atom is -0.465 e. The minimum atomic E-state index is -3.44. The van der Waals surface area contributed by atoms with Crippen molar-refractivity contribution in [2.75, 3.05) is 23.3 Å². The third-order valence-electron chi connectivity index (χ3n) is 2.21. The van der Waals surface area contributed by atoms with E-state index in [-0.39, 0.29) is 22.7 Å². The fourth-order valence-corrected chi connectivity index (χ4v) is 2.53. The lowest BCUT2D eigenvalue weighted by Crippen LogP contribution is -2.17. The van der Waals surface area contributed by atoms with E-state index >= 15 is 0 Å². The van der Waals surface area contributed by atoms with E-state index in [9.17, 15) is 13.2 Å². The number of ether oxygens (including phenoxy) is 1. The van der Waals surface area contributed by atoms with Crippen LogP contribution in [-0.4, -0.2) is 27.2 Å². The predicted octanol–water partition coefficient (Wildman–Crippen LogP) is 1.21. The van der Waals surface area contributed by atoms with Crippen molar-refractivity contribution in [2.45, 2.75) is 13.3 Å². The van der Waals surface area contributed by atoms with E-state index in [0.29, 0.717) is 6.42 Å². The lowest BCUT2D eigenvalue weighted by Gasteiger charge is -2.10. The van der Waals surface area contributed by atoms with Gasteiger partial charge in [-0.15, -0.1) is 0 Å². The zero-order valence-corrected chi connectivity index (χ0v) is 11.1. The third kappa shape index (κ3) is 3.63. The van der Waals surface area contributed by atoms with Gasteiger partial charge in [-0.2, -0.15) is 0 Å². The van der Waals surface area contributed by atoms with Crippen LogP contribution in [0.4, 0.5) is 11.4 Å². The molecular formula is C11H16N2O4S. The van der Waals surface area contributed by atoms with Gasteiger partial charge < -0.3 is 10.5 Å². The maximum atomic E-state index is 11.6. The Labute approximate surface area is 106 Å². The van der Waals surface area contributed by atoms with Crippen LogP contribution >= 0.6 is 0 Å². The van der Waals surface area contributed by atoms with Gasteiger partial charge in [-0.1, -0.05) is 6.92 Å². The van der Waals surface area contributed by atoms with Crippen molar-refractivity contribution in [3.63, 3.8) is 0 Å². The van der Waals surface area contributed by atoms with Gasteiger partial charge in [-0.25, -0.2) is 13.2 Å². The fraction of sp³-hybridized carbons (Fsp3) is 0.364. The molecule has 3 N–H and O–H groups in total. The molecule has 0 spiro atoms. The number of esters is 1. The van der Waals surface area contributed by atoms with Gasteiger partial charge in [0.05, 0.1) is 29.8 Å². The lowest BCUT2D eigenvalue weighted by molar-refractivity contribution is 0.0601. The average Bonchev–Trinajstić information content (AvgIpc) is 2.30. The van der Waals surface area contributed by atoms with Crippen molar-refractivity contribution in [3.05, 3.63) is 23.8 Å². The maximum absolute atomic E-state index is 11.6. The summed E-state index contributed by atoms with van der Waals surface area (Å²) in [5.74, 6) is -0.555. The average molecular weight is 272 g/mol. The van der Waals surface area contributed by atoms with Gasteiger partial charge in [0, 0.05) is 0 Å². The Balaban J connectivity index is 3.05. The number of benzene rings is 1. The zero-order chi connectivity index (χ0) is 13.8. The number of carbonyl (C=O) groups excluding carboxylic acids is 1. The molecule has 1 rings (SSSR count). The molecule has 0 aromatic heterocycles. The number of nitrogens with two attached hydrogens (primary N) is 1. The summed E-state index contributed by atoms with van der Waals surface area (Å²) in [6.07, 6.45) is 0.492. The Morgan fingerprint density at radius 2 is 2.11 bits per heavy atom. The van der Waals surface area contributed by atoms with Gasteiger partial charge in [0.1, 0.15) is 0 Å². The van der Waals surface area contributed by atoms with Crippen LogP contribution in [0.15, 0.2) is 18.2 Å². The molecule has 0 aliphatic heterocycles. The van der Waals surface area contributed by atoms with E-state index < -0.39 is 16.0 Å². The normalized spacial score (nSPS) is 11.0. The number of methoxy groups -OCH3 is 1. The first kappa shape index (κ1) is 14.3. The summed E-state index contributed by atoms with van der Waals surface area (Å²) in [7, 11) is -2.19. The second-order valence-electron chi connectivity index (χ2n) is 3.71. The summed E-state index contributed by atoms with van der Waals surface area (Å²) in [6.45, 7) is 1.76. The Hall–Kier alpha value is -1.76. The van der Waals surface area contributed by atoms with E-state index in [1.54, 1.807) is 6.92 Å². The number of nitrogens with one attached hydrogen (secondary N) is 1. The Bertz CT molecular complexity index is 540. The van der Waals surface area contributed by atoms with Crippen LogP contribution in [0.25, 0.3) is 0 Å². The van der Waals surface area contributed by atoms with Crippen LogP contribution in [0.1, 0.15) is 23.7 Å². The van der Waals surface area contributed by atoms with Gasteiger partial charge in [0.15, 0.2) is 0 Å². The van der Waals surface area contributed by atoms with Crippen molar-refractivity contribution < 1.29 is 17.9 Å². The number of rotatable bonds is 5. The fourth-order valence-electron chi connectivity index (χ4n) is 1.38. The van der Waals surface area contributed by atoms with E-state index in [1.165, 1.54) is 25.3 Å². The highest BCUT2D eigenvalue weighted by atomic mass is 32.2. The molecule has 0 saturated carbocycles. The Morgan fingerprint density at radius 1 is 1.44 bits per heavy atom. The predicted molar refractivity (Wildman–Crippen MR) is 69.9 cm³/mol. The monoisotopic (exact) mass is 272 g/mol. The molecule has 0 unspecified atom stereocenters. The van der Waals surface area contributed by atoms with Crippen LogP contribution in [0.2, 0.25) is 0 Å². The number of carbonyl (C=O) groups is 1. The highest BCUT2D eigenvalue weighted by molar-refractivity contribution is 7.92. The molecular weight excluding hydrogens is 256 g/mol. The molecule has 18 heavy (non-hydrogen) atoms. The van der Waals surface area contributed by atoms with E-state index in [0.717, 1.165) is 0 Å². The zero-order valence-electron chi connectivity index (χ0n) is 10.3. The van der Waals surface area contributed by atoms with Crippen LogP contribution < -0.4 is 10.5 Å². The molecule has 0 bridgehead atoms. The van der Waals surface area contributed by atoms with Crippen LogP contribution in [0.5, 0.6) is 0 Å². The van der Waals surface area contributed by atoms with E-state index in [1.807, 2.05) is 0 Å². The number of hydrogen-bond acceptors (Lipinski definition) is 5. The molecule has 1 aromatic rings. The molecule has 0 amide bonds. The highest BCUT2D eigenvalue weighted by Gasteiger charge is 2.13. The summed E-state index contributed by atoms with van der Waals surface area (Å²) in [4.78, 5) is 11.3. The smallest absolute Gasteiger partial charge is 0.337 e. The largest absolute Gasteiger partial charge is 0.465 e. The third-order valence-corrected chi connectivity index (χ3v) is 3.69. The summed E-state index contributed by atoms with van der Waals surface area (Å²) < 4.78 is 30.1. The molecule has 0 radical (unpaired) electrons. The number of sulfonamides is 1. The number of anilines is 2. The second-order valence-corrected chi connectivity index (χ2v) is 5.56. The molecule has 0 heterocycles. The Kier molecular flexibility index (Phi) is 4.55. The first-order valence-corrected chi connectivity index (χ1v) is 7.03. The van der Waals surface area contributed by atoms with Gasteiger partial charge >= 0.3 is 5.97 Å². The first-order valence-electron chi connectivity index (χ1n) is 5.38. The SMILES string of the molecule is CCCS(=O)(=O)Nc1cc(C(=O)OC)ccc1N. The van der Waals surface area contributed by atoms with Crippen molar-refractivity contribution >= 4 is 27.4 Å². The number of hydrogen-bond donors (Lipinski definition) is 2. The van der Waals surface area contributed by atoms with Crippen LogP contribution in [-0.2, 0) is 14.8 Å². The molecule has 6 nitrogen and oxygen atoms in total. The lowest BCUT2D eigenvalue weighted by atomic mass is 10.2. The summed E-state index contributed by atoms with van der Waals surface area (Å²) in [5.41, 5.74) is 6.33. The van der Waals surface area contributed by atoms with Gasteiger partial charge in [0.25, 0.3) is 0 Å². The highest BCUT2D eigenvalue weighted by Crippen LogP contribution is 2.22. The molecule has 0 fully saturated rings. The number of nitrogen functional groups attached to an aromatic ring is 1. The molecule has 0 aliphatic rings. The minimum absolute atomic E-state index is 0.00507. The molecule has 0 saturated heterocycles. The summed E-state index contributed by atoms with van der Waals surface area (Å²) in [5, 5.41) is 0. The molecule has 0 aliphatic carbocycles. The van der Waals surface area contributed by atoms with Gasteiger partial charge in [-0.05, 0) is 24.6 Å². The summed E-state index contributed by atoms with van der Waals surface area (Å²) in [6, 6.07) is 4.28. The molecule has 100 valence electrons. The first-order chi connectivity index (χ1) is 8.39. The molecule has 0 atom stereocenters. The van der Waals surface area contributed by atoms with Crippen molar-refractivity contribution in [3.8, 4) is 0 Å². The van der Waals surface area contributed by atoms with Gasteiger partial charge in [0.2, 0.25) is 10.0 Å². The van der Waals surface area contributed by atoms with E-state index in [4.69, 9.17) is 5.73 Å². The summed E-state index contributed by atoms with van der Waals surface area (Å²) >= 11 is 0. The van der Waals surface area contributed by atoms with Crippen molar-refractivity contribution in [1.82, 2.24) is 0 Å². The van der Waals surface area contributed by atoms with Crippen molar-refractivity contribution in [1.29, 1.82) is 0 Å². The topological polar surface area (TPSA) is 98.5 Å². The quantitative estimate of drug-likeness (QED) is 0.620. The molecule has 1 aromatic carbocycles. The van der Waals surface area contributed by atoms with Crippen LogP contribution in [0, 0.1) is 0 Å². The second kappa shape index (κ2) is 5.72. The maximum Gasteiger partial charge on any atom is 0.337 e. The standard InChI is InChI=1S/C11H16N2O4S/c1-3-6-18(15,16)13-10-7-8(11(14)17-2)4-5-9(10)12/h4-5,7,13H,3,6,12H2,1-2H3. The van der Waals surface area contributed by atoms with E-state index in [2.05, 4.69) is 9.46 Å².